The third-order valence-corrected chi connectivity index (χ3v) is 4.27. The molecule has 3 heterocycles. The Balaban J connectivity index is 1.98. The smallest absolute Gasteiger partial charge is 0.396 e. The number of hydrazone groups is 1. The fourth-order valence-corrected chi connectivity index (χ4v) is 3.19. The molecule has 3 aliphatic heterocycles. The van der Waals surface area contributed by atoms with E-state index in [9.17, 15) is 9.59 Å². The first-order chi connectivity index (χ1) is 11.8. The maximum absolute atomic E-state index is 13.0. The van der Waals surface area contributed by atoms with Gasteiger partial charge < -0.3 is 5.11 Å². The quantitative estimate of drug-likeness (QED) is 0.545. The van der Waals surface area contributed by atoms with E-state index in [0.717, 1.165) is 11.3 Å². The van der Waals surface area contributed by atoms with Crippen LogP contribution in [0.25, 0.3) is 0 Å². The van der Waals surface area contributed by atoms with Gasteiger partial charge in [-0.3, -0.25) is 14.6 Å². The van der Waals surface area contributed by atoms with E-state index in [2.05, 4.69) is 16.7 Å². The minimum atomic E-state index is -0.640. The lowest BCUT2D eigenvalue weighted by Crippen LogP contribution is -2.63. The molecule has 0 radical (unpaired) electrons. The van der Waals surface area contributed by atoms with Gasteiger partial charge in [0.25, 0.3) is 5.91 Å². The Morgan fingerprint density at radius 3 is 2.80 bits per heavy atom. The number of imide groups is 1. The van der Waals surface area contributed by atoms with Gasteiger partial charge in [-0.1, -0.05) is 17.1 Å². The lowest BCUT2D eigenvalue weighted by molar-refractivity contribution is -0.527. The summed E-state index contributed by atoms with van der Waals surface area (Å²) in [6.07, 6.45) is 0.536. The fourth-order valence-electron chi connectivity index (χ4n) is 3.19. The molecule has 0 aromatic heterocycles. The third-order valence-electron chi connectivity index (χ3n) is 4.27. The van der Waals surface area contributed by atoms with Crippen LogP contribution in [0.4, 0.5) is 4.79 Å². The number of amides is 3. The average molecular weight is 347 g/mol. The van der Waals surface area contributed by atoms with Crippen molar-refractivity contribution in [2.45, 2.75) is 26.3 Å². The molecule has 25 heavy (non-hydrogen) atoms. The molecule has 0 saturated carbocycles. The number of aliphatic hydroxyl groups is 1. The Hall–Kier alpha value is -2.55. The number of likely N-dealkylation sites (N-methyl/N-ethyl adjacent to an activating group) is 1. The van der Waals surface area contributed by atoms with E-state index in [1.54, 1.807) is 19.0 Å². The van der Waals surface area contributed by atoms with Gasteiger partial charge in [0.15, 0.2) is 0 Å². The van der Waals surface area contributed by atoms with E-state index >= 15 is 0 Å². The maximum Gasteiger partial charge on any atom is 0.416 e. The minimum Gasteiger partial charge on any atom is -0.396 e. The number of hydrogen-bond donors (Lipinski definition) is 1. The number of fused-ring (bicyclic) bond motifs is 2. The molecule has 3 aliphatic rings. The van der Waals surface area contributed by atoms with Gasteiger partial charge in [0.1, 0.15) is 6.54 Å². The summed E-state index contributed by atoms with van der Waals surface area (Å²) < 4.78 is 1.87. The molecule has 0 aliphatic carbocycles. The van der Waals surface area contributed by atoms with Crippen LogP contribution in [0.5, 0.6) is 0 Å². The van der Waals surface area contributed by atoms with Crippen LogP contribution in [0, 0.1) is 0 Å². The van der Waals surface area contributed by atoms with Crippen molar-refractivity contribution in [3.63, 3.8) is 0 Å². The summed E-state index contributed by atoms with van der Waals surface area (Å²) in [6, 6.07) is -1.04. The van der Waals surface area contributed by atoms with Crippen LogP contribution in [-0.4, -0.2) is 93.3 Å². The number of rotatable bonds is 5. The maximum atomic E-state index is 13.0. The number of guanidine groups is 1. The van der Waals surface area contributed by atoms with Crippen molar-refractivity contribution in [3.05, 3.63) is 12.2 Å². The highest BCUT2D eigenvalue weighted by Crippen LogP contribution is 2.23. The van der Waals surface area contributed by atoms with Crippen LogP contribution >= 0.6 is 0 Å². The molecule has 9 heteroatoms. The minimum absolute atomic E-state index is 0.0437. The number of aliphatic hydroxyl groups excluding tert-OH is 1. The number of nitrogens with zero attached hydrogens (tertiary/aromatic N) is 6. The largest absolute Gasteiger partial charge is 0.416 e. The first kappa shape index (κ1) is 17.3. The second-order valence-electron chi connectivity index (χ2n) is 6.56. The van der Waals surface area contributed by atoms with Crippen LogP contribution in [-0.2, 0) is 4.79 Å². The predicted molar refractivity (Wildman–Crippen MR) is 92.6 cm³/mol. The van der Waals surface area contributed by atoms with E-state index in [1.165, 1.54) is 9.80 Å². The molecule has 0 aromatic rings. The monoisotopic (exact) mass is 347 g/mol. The Kier molecular flexibility index (Phi) is 4.42. The standard InChI is InChI=1S/C16H23N6O3/c1-10(2)8-21-14(24)12-13(19(4)16(21)25)17-15-20(12)9-11(3)18-22(15)6-5-7-23/h12,23H,1,5-9H2,2-4H3/q+1. The molecule has 134 valence electrons. The second kappa shape index (κ2) is 6.40. The molecule has 1 atom stereocenters. The highest BCUT2D eigenvalue weighted by molar-refractivity contribution is 6.23. The number of aliphatic imine (C=N–C) groups is 1. The van der Waals surface area contributed by atoms with Gasteiger partial charge in [-0.05, 0) is 13.8 Å². The highest BCUT2D eigenvalue weighted by atomic mass is 16.3. The number of carbonyl (C=O) groups is 2. The van der Waals surface area contributed by atoms with Crippen molar-refractivity contribution < 1.29 is 19.3 Å². The van der Waals surface area contributed by atoms with Gasteiger partial charge >= 0.3 is 12.0 Å². The van der Waals surface area contributed by atoms with Crippen LogP contribution in [0.1, 0.15) is 20.3 Å². The fraction of sp³-hybridized carbons (Fsp3) is 0.562. The highest BCUT2D eigenvalue weighted by Gasteiger charge is 2.54. The molecule has 1 unspecified atom stereocenters. The van der Waals surface area contributed by atoms with Crippen LogP contribution in [0.2, 0.25) is 0 Å². The first-order valence-corrected chi connectivity index (χ1v) is 8.23. The number of urea groups is 1. The van der Waals surface area contributed by atoms with Crippen molar-refractivity contribution in [2.24, 2.45) is 10.1 Å². The zero-order valence-electron chi connectivity index (χ0n) is 14.8. The van der Waals surface area contributed by atoms with Crippen molar-refractivity contribution in [1.82, 2.24) is 14.8 Å². The number of hydrogen-bond acceptors (Lipinski definition) is 6. The van der Waals surface area contributed by atoms with Crippen LogP contribution in [0.15, 0.2) is 22.2 Å². The van der Waals surface area contributed by atoms with Gasteiger partial charge in [-0.2, -0.15) is 0 Å². The van der Waals surface area contributed by atoms with E-state index in [1.807, 2.05) is 11.5 Å². The second-order valence-corrected chi connectivity index (χ2v) is 6.56. The van der Waals surface area contributed by atoms with Gasteiger partial charge in [-0.15, -0.1) is 10.1 Å². The van der Waals surface area contributed by atoms with E-state index < -0.39 is 12.1 Å². The topological polar surface area (TPSA) is 91.8 Å². The van der Waals surface area contributed by atoms with E-state index in [-0.39, 0.29) is 19.1 Å². The van der Waals surface area contributed by atoms with Gasteiger partial charge in [0.05, 0.1) is 18.8 Å². The van der Waals surface area contributed by atoms with E-state index in [0.29, 0.717) is 31.3 Å². The zero-order valence-corrected chi connectivity index (χ0v) is 14.8. The summed E-state index contributed by atoms with van der Waals surface area (Å²) in [5, 5.41) is 15.2. The Bertz CT molecular complexity index is 738. The lowest BCUT2D eigenvalue weighted by Gasteiger charge is -2.34. The Morgan fingerprint density at radius 1 is 1.44 bits per heavy atom. The summed E-state index contributed by atoms with van der Waals surface area (Å²) in [6.45, 7) is 8.66. The van der Waals surface area contributed by atoms with Gasteiger partial charge in [0.2, 0.25) is 11.9 Å². The summed E-state index contributed by atoms with van der Waals surface area (Å²) >= 11 is 0. The van der Waals surface area contributed by atoms with Crippen LogP contribution < -0.4 is 0 Å². The van der Waals surface area contributed by atoms with Gasteiger partial charge in [0, 0.05) is 20.1 Å². The number of amidine groups is 1. The molecule has 1 fully saturated rings. The molecular formula is C16H23N6O3+. The molecular weight excluding hydrogens is 324 g/mol. The molecule has 1 N–H and O–H groups in total. The molecule has 0 aromatic carbocycles. The number of carbonyl (C=O) groups excluding carboxylic acids is 2. The van der Waals surface area contributed by atoms with Gasteiger partial charge in [-0.25, -0.2) is 9.37 Å². The van der Waals surface area contributed by atoms with E-state index in [4.69, 9.17) is 5.11 Å². The molecule has 0 spiro atoms. The predicted octanol–water partition coefficient (Wildman–Crippen LogP) is -0.320. The molecule has 3 amide bonds. The Labute approximate surface area is 146 Å². The van der Waals surface area contributed by atoms with Crippen LogP contribution in [0.3, 0.4) is 0 Å². The lowest BCUT2D eigenvalue weighted by atomic mass is 10.1. The third kappa shape index (κ3) is 2.84. The van der Waals surface area contributed by atoms with Crippen molar-refractivity contribution in [3.8, 4) is 0 Å². The molecule has 0 bridgehead atoms. The average Bonchev–Trinajstić information content (AvgIpc) is 2.94. The van der Waals surface area contributed by atoms with Crippen molar-refractivity contribution >= 4 is 29.4 Å². The molecule has 9 nitrogen and oxygen atoms in total. The normalized spacial score (nSPS) is 22.9. The first-order valence-electron chi connectivity index (χ1n) is 8.23. The Morgan fingerprint density at radius 2 is 2.16 bits per heavy atom. The summed E-state index contributed by atoms with van der Waals surface area (Å²) in [5.41, 5.74) is 1.58. The zero-order chi connectivity index (χ0) is 18.3. The summed E-state index contributed by atoms with van der Waals surface area (Å²) in [4.78, 5) is 32.7. The SMILES string of the molecule is C=C(C)CN1C(=O)C2C(=NC3=[N+]2CC(C)=NN3CCCO)N(C)C1=O. The summed E-state index contributed by atoms with van der Waals surface area (Å²) in [5.74, 6) is 0.669. The molecule has 3 rings (SSSR count). The summed E-state index contributed by atoms with van der Waals surface area (Å²) in [7, 11) is 1.62. The molecule has 1 saturated heterocycles. The van der Waals surface area contributed by atoms with Crippen molar-refractivity contribution in [1.29, 1.82) is 0 Å². The van der Waals surface area contributed by atoms with Crippen molar-refractivity contribution in [2.75, 3.05) is 33.3 Å².